The maximum atomic E-state index is 12.1. The molecule has 16 heavy (non-hydrogen) atoms. The minimum absolute atomic E-state index is 0.405. The van der Waals surface area contributed by atoms with Crippen LogP contribution in [0.25, 0.3) is 6.08 Å². The van der Waals surface area contributed by atoms with Crippen LogP contribution >= 0.6 is 15.9 Å². The zero-order valence-corrected chi connectivity index (χ0v) is 11.0. The van der Waals surface area contributed by atoms with E-state index in [2.05, 4.69) is 15.9 Å². The first-order chi connectivity index (χ1) is 7.55. The van der Waals surface area contributed by atoms with Gasteiger partial charge in [-0.25, -0.2) is 8.42 Å². The molecule has 1 aliphatic heterocycles. The van der Waals surface area contributed by atoms with Gasteiger partial charge in [-0.2, -0.15) is 0 Å². The first-order valence-corrected chi connectivity index (χ1v) is 7.28. The Labute approximate surface area is 103 Å². The fraction of sp³-hybridized carbons (Fsp3) is 0.273. The van der Waals surface area contributed by atoms with Crippen LogP contribution in [0.15, 0.2) is 32.5 Å². The smallest absolute Gasteiger partial charge is 0.203 e. The molecule has 86 valence electrons. The van der Waals surface area contributed by atoms with Crippen molar-refractivity contribution in [2.45, 2.75) is 17.7 Å². The van der Waals surface area contributed by atoms with Crippen molar-refractivity contribution >= 4 is 31.8 Å². The Hall–Kier alpha value is -0.650. The molecule has 0 atom stereocenters. The fourth-order valence-corrected chi connectivity index (χ4v) is 3.78. The number of halogens is 1. The summed E-state index contributed by atoms with van der Waals surface area (Å²) in [6.07, 6.45) is 2.95. The molecule has 0 aromatic heterocycles. The fourth-order valence-electron chi connectivity index (χ4n) is 1.75. The molecular formula is C11H12BrNO2S. The minimum atomic E-state index is -3.25. The van der Waals surface area contributed by atoms with Crippen molar-refractivity contribution in [2.24, 2.45) is 5.73 Å². The summed E-state index contributed by atoms with van der Waals surface area (Å²) in [6.45, 7) is 0.507. The zero-order valence-electron chi connectivity index (χ0n) is 8.61. The number of allylic oxidation sites excluding steroid dienone is 1. The molecule has 0 radical (unpaired) electrons. The molecule has 0 amide bonds. The van der Waals surface area contributed by atoms with Gasteiger partial charge in [-0.05, 0) is 49.2 Å². The molecule has 0 bridgehead atoms. The second-order valence-corrected chi connectivity index (χ2v) is 6.58. The number of sulfone groups is 1. The largest absolute Gasteiger partial charge is 0.330 e. The van der Waals surface area contributed by atoms with Gasteiger partial charge in [0.2, 0.25) is 9.84 Å². The van der Waals surface area contributed by atoms with Crippen molar-refractivity contribution in [1.29, 1.82) is 0 Å². The first-order valence-electron chi connectivity index (χ1n) is 5.01. The molecular weight excluding hydrogens is 290 g/mol. The monoisotopic (exact) mass is 301 g/mol. The molecule has 1 aliphatic rings. The number of benzene rings is 1. The molecule has 2 N–H and O–H groups in total. The molecule has 0 aliphatic carbocycles. The molecule has 0 saturated heterocycles. The molecule has 0 unspecified atom stereocenters. The summed E-state index contributed by atoms with van der Waals surface area (Å²) in [4.78, 5) is 0.883. The maximum absolute atomic E-state index is 12.1. The maximum Gasteiger partial charge on any atom is 0.203 e. The SMILES string of the molecule is NCCCC1=Cc2cc(Br)ccc2S1(=O)=O. The van der Waals surface area contributed by atoms with E-state index in [9.17, 15) is 8.42 Å². The van der Waals surface area contributed by atoms with Crippen molar-refractivity contribution in [3.63, 3.8) is 0 Å². The van der Waals surface area contributed by atoms with Crippen LogP contribution < -0.4 is 5.73 Å². The molecule has 0 saturated carbocycles. The van der Waals surface area contributed by atoms with Crippen LogP contribution in [0, 0.1) is 0 Å². The van der Waals surface area contributed by atoms with Gasteiger partial charge in [0, 0.05) is 9.38 Å². The van der Waals surface area contributed by atoms with Gasteiger partial charge < -0.3 is 5.73 Å². The van der Waals surface area contributed by atoms with E-state index in [1.54, 1.807) is 18.2 Å². The molecule has 5 heteroatoms. The third-order valence-electron chi connectivity index (χ3n) is 2.55. The number of fused-ring (bicyclic) bond motifs is 1. The standard InChI is InChI=1S/C11H12BrNO2S/c12-9-3-4-11-8(6-9)7-10(2-1-5-13)16(11,14)15/h3-4,6-7H,1-2,5,13H2. The molecule has 1 aromatic carbocycles. The lowest BCUT2D eigenvalue weighted by molar-refractivity contribution is 0.601. The molecule has 2 rings (SSSR count). The minimum Gasteiger partial charge on any atom is -0.330 e. The van der Waals surface area contributed by atoms with Gasteiger partial charge in [0.1, 0.15) is 0 Å². The summed E-state index contributed by atoms with van der Waals surface area (Å²) in [7, 11) is -3.25. The van der Waals surface area contributed by atoms with Crippen LogP contribution in [0.3, 0.4) is 0 Å². The topological polar surface area (TPSA) is 60.2 Å². The molecule has 1 heterocycles. The van der Waals surface area contributed by atoms with E-state index >= 15 is 0 Å². The van der Waals surface area contributed by atoms with Crippen LogP contribution in [-0.4, -0.2) is 15.0 Å². The molecule has 0 spiro atoms. The third-order valence-corrected chi connectivity index (χ3v) is 5.01. The van der Waals surface area contributed by atoms with Gasteiger partial charge in [-0.1, -0.05) is 15.9 Å². The Morgan fingerprint density at radius 1 is 1.31 bits per heavy atom. The quantitative estimate of drug-likeness (QED) is 0.932. The average Bonchev–Trinajstić information content (AvgIpc) is 2.47. The molecule has 3 nitrogen and oxygen atoms in total. The van der Waals surface area contributed by atoms with E-state index < -0.39 is 9.84 Å². The number of rotatable bonds is 3. The third kappa shape index (κ3) is 1.95. The van der Waals surface area contributed by atoms with Crippen molar-refractivity contribution in [3.05, 3.63) is 33.1 Å². The number of nitrogens with two attached hydrogens (primary N) is 1. The van der Waals surface area contributed by atoms with Crippen molar-refractivity contribution in [3.8, 4) is 0 Å². The van der Waals surface area contributed by atoms with Crippen LogP contribution in [-0.2, 0) is 9.84 Å². The predicted octanol–water partition coefficient (Wildman–Crippen LogP) is 2.32. The first kappa shape index (κ1) is 11.8. The number of hydrogen-bond acceptors (Lipinski definition) is 3. The van der Waals surface area contributed by atoms with E-state index in [1.807, 2.05) is 6.07 Å². The van der Waals surface area contributed by atoms with Gasteiger partial charge in [0.15, 0.2) is 0 Å². The lowest BCUT2D eigenvalue weighted by Crippen LogP contribution is -2.04. The van der Waals surface area contributed by atoms with Crippen molar-refractivity contribution in [2.75, 3.05) is 6.54 Å². The van der Waals surface area contributed by atoms with E-state index in [0.29, 0.717) is 29.2 Å². The van der Waals surface area contributed by atoms with Gasteiger partial charge in [-0.3, -0.25) is 0 Å². The van der Waals surface area contributed by atoms with Gasteiger partial charge in [-0.15, -0.1) is 0 Å². The molecule has 0 fully saturated rings. The van der Waals surface area contributed by atoms with Crippen LogP contribution in [0.2, 0.25) is 0 Å². The van der Waals surface area contributed by atoms with Gasteiger partial charge >= 0.3 is 0 Å². The van der Waals surface area contributed by atoms with Crippen LogP contribution in [0.5, 0.6) is 0 Å². The second-order valence-electron chi connectivity index (χ2n) is 3.69. The normalized spacial score (nSPS) is 17.0. The summed E-state index contributed by atoms with van der Waals surface area (Å²) < 4.78 is 25.0. The number of hydrogen-bond donors (Lipinski definition) is 1. The summed E-state index contributed by atoms with van der Waals surface area (Å²) in [5, 5.41) is 0. The zero-order chi connectivity index (χ0) is 11.8. The van der Waals surface area contributed by atoms with E-state index in [1.165, 1.54) is 0 Å². The molecule has 1 aromatic rings. The van der Waals surface area contributed by atoms with E-state index in [0.717, 1.165) is 10.0 Å². The summed E-state index contributed by atoms with van der Waals surface area (Å²) in [5.74, 6) is 0. The predicted molar refractivity (Wildman–Crippen MR) is 67.6 cm³/mol. The highest BCUT2D eigenvalue weighted by Crippen LogP contribution is 2.36. The Morgan fingerprint density at radius 3 is 2.75 bits per heavy atom. The highest BCUT2D eigenvalue weighted by atomic mass is 79.9. The summed E-state index contributed by atoms with van der Waals surface area (Å²) >= 11 is 3.33. The van der Waals surface area contributed by atoms with Crippen LogP contribution in [0.4, 0.5) is 0 Å². The van der Waals surface area contributed by atoms with Crippen LogP contribution in [0.1, 0.15) is 18.4 Å². The Morgan fingerprint density at radius 2 is 2.06 bits per heavy atom. The highest BCUT2D eigenvalue weighted by molar-refractivity contribution is 9.10. The Balaban J connectivity index is 2.44. The average molecular weight is 302 g/mol. The van der Waals surface area contributed by atoms with E-state index in [-0.39, 0.29) is 0 Å². The lowest BCUT2D eigenvalue weighted by Gasteiger charge is -2.02. The van der Waals surface area contributed by atoms with E-state index in [4.69, 9.17) is 5.73 Å². The highest BCUT2D eigenvalue weighted by Gasteiger charge is 2.28. The second kappa shape index (κ2) is 4.31. The summed E-state index contributed by atoms with van der Waals surface area (Å²) in [6, 6.07) is 5.21. The van der Waals surface area contributed by atoms with Crippen molar-refractivity contribution in [1.82, 2.24) is 0 Å². The van der Waals surface area contributed by atoms with Gasteiger partial charge in [0.05, 0.1) is 4.90 Å². The van der Waals surface area contributed by atoms with Crippen molar-refractivity contribution < 1.29 is 8.42 Å². The summed E-state index contributed by atoms with van der Waals surface area (Å²) in [5.41, 5.74) is 6.16. The Bertz CT molecular complexity index is 549. The lowest BCUT2D eigenvalue weighted by atomic mass is 10.2. The Kier molecular flexibility index (Phi) is 3.19. The van der Waals surface area contributed by atoms with Gasteiger partial charge in [0.25, 0.3) is 0 Å².